The van der Waals surface area contributed by atoms with Crippen molar-refractivity contribution in [2.24, 2.45) is 0 Å². The zero-order valence-electron chi connectivity index (χ0n) is 11.1. The summed E-state index contributed by atoms with van der Waals surface area (Å²) in [5, 5.41) is 0. The Labute approximate surface area is 117 Å². The predicted molar refractivity (Wildman–Crippen MR) is 78.9 cm³/mol. The van der Waals surface area contributed by atoms with Crippen LogP contribution in [0.4, 0.5) is 5.69 Å². The summed E-state index contributed by atoms with van der Waals surface area (Å²) in [7, 11) is 0. The molecule has 0 saturated carbocycles. The highest BCUT2D eigenvalue weighted by molar-refractivity contribution is 7.11. The van der Waals surface area contributed by atoms with Crippen LogP contribution in [0.25, 0.3) is 0 Å². The summed E-state index contributed by atoms with van der Waals surface area (Å²) in [4.78, 5) is 14.0. The SMILES string of the molecule is CCc1ccc(COc2ccc(N)cc2C(C)=O)s1. The second kappa shape index (κ2) is 5.89. The molecule has 4 heteroatoms. The number of anilines is 1. The minimum absolute atomic E-state index is 0.0391. The van der Waals surface area contributed by atoms with Crippen LogP contribution in [-0.4, -0.2) is 5.78 Å². The molecular weight excluding hydrogens is 258 g/mol. The Hall–Kier alpha value is -1.81. The molecule has 0 bridgehead atoms. The van der Waals surface area contributed by atoms with Crippen LogP contribution in [0.3, 0.4) is 0 Å². The molecule has 0 radical (unpaired) electrons. The van der Waals surface area contributed by atoms with Gasteiger partial charge in [0.1, 0.15) is 12.4 Å². The molecule has 1 aromatic heterocycles. The second-order valence-electron chi connectivity index (χ2n) is 4.32. The van der Waals surface area contributed by atoms with Crippen LogP contribution in [0.2, 0.25) is 0 Å². The normalized spacial score (nSPS) is 10.4. The number of carbonyl (C=O) groups is 1. The molecule has 2 rings (SSSR count). The summed E-state index contributed by atoms with van der Waals surface area (Å²) in [6.07, 6.45) is 1.03. The fourth-order valence-electron chi connectivity index (χ4n) is 1.79. The van der Waals surface area contributed by atoms with Gasteiger partial charge in [0.2, 0.25) is 0 Å². The average Bonchev–Trinajstić information content (AvgIpc) is 2.85. The van der Waals surface area contributed by atoms with Gasteiger partial charge in [0.05, 0.1) is 5.56 Å². The highest BCUT2D eigenvalue weighted by Gasteiger charge is 2.09. The third-order valence-electron chi connectivity index (χ3n) is 2.82. The number of ether oxygens (including phenoxy) is 1. The number of hydrogen-bond acceptors (Lipinski definition) is 4. The van der Waals surface area contributed by atoms with E-state index in [1.807, 2.05) is 0 Å². The predicted octanol–water partition coefficient (Wildman–Crippen LogP) is 3.67. The third kappa shape index (κ3) is 3.35. The molecular formula is C15H17NO2S. The number of nitrogens with two attached hydrogens (primary N) is 1. The summed E-state index contributed by atoms with van der Waals surface area (Å²) in [6.45, 7) is 4.13. The lowest BCUT2D eigenvalue weighted by Crippen LogP contribution is -2.02. The number of nitrogen functional groups attached to an aromatic ring is 1. The molecule has 0 unspecified atom stereocenters. The number of Topliss-reactive ketones (excluding diaryl/α,β-unsaturated/α-hetero) is 1. The summed E-state index contributed by atoms with van der Waals surface area (Å²) in [6, 6.07) is 9.32. The zero-order valence-corrected chi connectivity index (χ0v) is 11.9. The molecule has 100 valence electrons. The molecule has 2 aromatic rings. The van der Waals surface area contributed by atoms with Gasteiger partial charge < -0.3 is 10.5 Å². The van der Waals surface area contributed by atoms with Crippen LogP contribution >= 0.6 is 11.3 Å². The minimum atomic E-state index is -0.0391. The first-order valence-corrected chi connectivity index (χ1v) is 7.02. The van der Waals surface area contributed by atoms with Gasteiger partial charge in [0, 0.05) is 15.4 Å². The average molecular weight is 275 g/mol. The molecule has 0 aliphatic rings. The lowest BCUT2D eigenvalue weighted by Gasteiger charge is -2.09. The summed E-state index contributed by atoms with van der Waals surface area (Å²) in [5.74, 6) is 0.552. The standard InChI is InChI=1S/C15H17NO2S/c1-3-12-5-6-13(19-12)9-18-15-7-4-11(16)8-14(15)10(2)17/h4-8H,3,9,16H2,1-2H3. The maximum atomic E-state index is 11.5. The van der Waals surface area contributed by atoms with Crippen LogP contribution in [0, 0.1) is 0 Å². The zero-order chi connectivity index (χ0) is 13.8. The van der Waals surface area contributed by atoms with Crippen molar-refractivity contribution in [1.29, 1.82) is 0 Å². The van der Waals surface area contributed by atoms with Crippen molar-refractivity contribution in [1.82, 2.24) is 0 Å². The van der Waals surface area contributed by atoms with Gasteiger partial charge in [-0.15, -0.1) is 11.3 Å². The van der Waals surface area contributed by atoms with Gasteiger partial charge in [-0.05, 0) is 43.7 Å². The van der Waals surface area contributed by atoms with E-state index in [4.69, 9.17) is 10.5 Å². The topological polar surface area (TPSA) is 52.3 Å². The molecule has 0 saturated heterocycles. The van der Waals surface area contributed by atoms with E-state index in [1.54, 1.807) is 29.5 Å². The second-order valence-corrected chi connectivity index (χ2v) is 5.57. The molecule has 19 heavy (non-hydrogen) atoms. The third-order valence-corrected chi connectivity index (χ3v) is 4.02. The van der Waals surface area contributed by atoms with E-state index >= 15 is 0 Å². The van der Waals surface area contributed by atoms with Crippen LogP contribution in [-0.2, 0) is 13.0 Å². The first-order chi connectivity index (χ1) is 9.10. The van der Waals surface area contributed by atoms with E-state index in [0.29, 0.717) is 23.6 Å². The summed E-state index contributed by atoms with van der Waals surface area (Å²) < 4.78 is 5.73. The lowest BCUT2D eigenvalue weighted by molar-refractivity contribution is 0.101. The molecule has 2 N–H and O–H groups in total. The van der Waals surface area contributed by atoms with Crippen molar-refractivity contribution in [3.05, 3.63) is 45.6 Å². The number of rotatable bonds is 5. The highest BCUT2D eigenvalue weighted by atomic mass is 32.1. The van der Waals surface area contributed by atoms with Gasteiger partial charge in [-0.3, -0.25) is 4.79 Å². The van der Waals surface area contributed by atoms with Gasteiger partial charge in [-0.25, -0.2) is 0 Å². The fourth-order valence-corrected chi connectivity index (χ4v) is 2.66. The number of thiophene rings is 1. The van der Waals surface area contributed by atoms with Crippen molar-refractivity contribution in [3.8, 4) is 5.75 Å². The Morgan fingerprint density at radius 1 is 1.26 bits per heavy atom. The number of carbonyl (C=O) groups excluding carboxylic acids is 1. The van der Waals surface area contributed by atoms with Gasteiger partial charge >= 0.3 is 0 Å². The Kier molecular flexibility index (Phi) is 4.22. The Balaban J connectivity index is 2.12. The summed E-state index contributed by atoms with van der Waals surface area (Å²) in [5.41, 5.74) is 6.79. The first-order valence-electron chi connectivity index (χ1n) is 6.21. The largest absolute Gasteiger partial charge is 0.487 e. The number of ketones is 1. The number of aryl methyl sites for hydroxylation is 1. The molecule has 0 amide bonds. The first kappa shape index (κ1) is 13.6. The number of hydrogen-bond donors (Lipinski definition) is 1. The molecule has 0 aliphatic carbocycles. The molecule has 3 nitrogen and oxygen atoms in total. The Bertz CT molecular complexity index is 590. The van der Waals surface area contributed by atoms with Crippen LogP contribution in [0.1, 0.15) is 34.0 Å². The molecule has 0 aliphatic heterocycles. The van der Waals surface area contributed by atoms with Crippen molar-refractivity contribution in [2.75, 3.05) is 5.73 Å². The maximum absolute atomic E-state index is 11.5. The van der Waals surface area contributed by atoms with Crippen molar-refractivity contribution in [3.63, 3.8) is 0 Å². The Morgan fingerprint density at radius 2 is 2.00 bits per heavy atom. The van der Waals surface area contributed by atoms with Gasteiger partial charge in [-0.1, -0.05) is 6.92 Å². The van der Waals surface area contributed by atoms with Gasteiger partial charge in [-0.2, -0.15) is 0 Å². The van der Waals surface area contributed by atoms with Crippen LogP contribution < -0.4 is 10.5 Å². The van der Waals surface area contributed by atoms with Gasteiger partial charge in [0.15, 0.2) is 5.78 Å². The molecule has 0 atom stereocenters. The Morgan fingerprint density at radius 3 is 2.63 bits per heavy atom. The highest BCUT2D eigenvalue weighted by Crippen LogP contribution is 2.24. The maximum Gasteiger partial charge on any atom is 0.163 e. The molecule has 0 spiro atoms. The summed E-state index contributed by atoms with van der Waals surface area (Å²) >= 11 is 1.73. The van der Waals surface area contributed by atoms with E-state index in [2.05, 4.69) is 19.1 Å². The minimum Gasteiger partial charge on any atom is -0.487 e. The van der Waals surface area contributed by atoms with E-state index in [-0.39, 0.29) is 5.78 Å². The van der Waals surface area contributed by atoms with Crippen molar-refractivity contribution in [2.45, 2.75) is 26.9 Å². The monoisotopic (exact) mass is 275 g/mol. The van der Waals surface area contributed by atoms with Gasteiger partial charge in [0.25, 0.3) is 0 Å². The molecule has 1 heterocycles. The lowest BCUT2D eigenvalue weighted by atomic mass is 10.1. The smallest absolute Gasteiger partial charge is 0.163 e. The number of benzene rings is 1. The molecule has 0 fully saturated rings. The van der Waals surface area contributed by atoms with Crippen molar-refractivity contribution < 1.29 is 9.53 Å². The van der Waals surface area contributed by atoms with E-state index in [1.165, 1.54) is 11.8 Å². The quantitative estimate of drug-likeness (QED) is 0.669. The molecule has 1 aromatic carbocycles. The van der Waals surface area contributed by atoms with Crippen LogP contribution in [0.15, 0.2) is 30.3 Å². The van der Waals surface area contributed by atoms with Crippen molar-refractivity contribution >= 4 is 22.8 Å². The van der Waals surface area contributed by atoms with E-state index in [0.717, 1.165) is 11.3 Å². The van der Waals surface area contributed by atoms with Crippen LogP contribution in [0.5, 0.6) is 5.75 Å². The van der Waals surface area contributed by atoms with E-state index in [9.17, 15) is 4.79 Å². The van der Waals surface area contributed by atoms with E-state index < -0.39 is 0 Å². The fraction of sp³-hybridized carbons (Fsp3) is 0.267.